The summed E-state index contributed by atoms with van der Waals surface area (Å²) in [6.07, 6.45) is 0.561. The lowest BCUT2D eigenvalue weighted by molar-refractivity contribution is -0.128. The minimum atomic E-state index is -0.0604. The molecule has 5 nitrogen and oxygen atoms in total. The van der Waals surface area contributed by atoms with E-state index in [1.54, 1.807) is 16.2 Å². The first kappa shape index (κ1) is 16.3. The molecule has 0 saturated heterocycles. The van der Waals surface area contributed by atoms with Crippen LogP contribution < -0.4 is 0 Å². The van der Waals surface area contributed by atoms with Gasteiger partial charge in [0.05, 0.1) is 40.9 Å². The van der Waals surface area contributed by atoms with Crippen LogP contribution in [0, 0.1) is 22.7 Å². The molecule has 0 saturated carbocycles. The van der Waals surface area contributed by atoms with Gasteiger partial charge >= 0.3 is 0 Å². The second kappa shape index (κ2) is 8.38. The highest BCUT2D eigenvalue weighted by Crippen LogP contribution is 2.29. The normalized spacial score (nSPS) is 10.1. The molecule has 0 spiro atoms. The van der Waals surface area contributed by atoms with Gasteiger partial charge in [0.1, 0.15) is 0 Å². The highest BCUT2D eigenvalue weighted by atomic mass is 32.2. The molecular weight excluding hydrogens is 316 g/mol. The summed E-state index contributed by atoms with van der Waals surface area (Å²) in [5.41, 5.74) is 0.938. The molecule has 22 heavy (non-hydrogen) atoms. The standard InChI is InChI=1S/C15H14N4OS2/c16-7-3-9-19(10-4-8-17)14(20)11-21-15-18-12-5-1-2-6-13(12)22-15/h1-2,5-6H,3-4,9-11H2. The van der Waals surface area contributed by atoms with Crippen molar-refractivity contribution in [2.75, 3.05) is 18.8 Å². The van der Waals surface area contributed by atoms with E-state index in [4.69, 9.17) is 10.5 Å². The van der Waals surface area contributed by atoms with Gasteiger partial charge in [-0.3, -0.25) is 4.79 Å². The van der Waals surface area contributed by atoms with Crippen molar-refractivity contribution < 1.29 is 4.79 Å². The van der Waals surface area contributed by atoms with E-state index in [2.05, 4.69) is 4.98 Å². The van der Waals surface area contributed by atoms with Crippen LogP contribution in [0.25, 0.3) is 10.2 Å². The summed E-state index contributed by atoms with van der Waals surface area (Å²) < 4.78 is 1.96. The number of nitriles is 2. The van der Waals surface area contributed by atoms with Crippen LogP contribution in [0.1, 0.15) is 12.8 Å². The van der Waals surface area contributed by atoms with Crippen LogP contribution in [0.2, 0.25) is 0 Å². The van der Waals surface area contributed by atoms with E-state index in [1.165, 1.54) is 11.8 Å². The number of nitrogens with zero attached hydrogens (tertiary/aromatic N) is 4. The SMILES string of the molecule is N#CCCN(CCC#N)C(=O)CSc1nc2ccccc2s1. The van der Waals surface area contributed by atoms with Gasteiger partial charge in [0.15, 0.2) is 4.34 Å². The van der Waals surface area contributed by atoms with Crippen LogP contribution in [0.5, 0.6) is 0 Å². The van der Waals surface area contributed by atoms with E-state index in [9.17, 15) is 4.79 Å². The van der Waals surface area contributed by atoms with Crippen LogP contribution in [-0.2, 0) is 4.79 Å². The number of thiazole rings is 1. The molecule has 0 radical (unpaired) electrons. The first-order valence-electron chi connectivity index (χ1n) is 6.74. The highest BCUT2D eigenvalue weighted by Gasteiger charge is 2.14. The molecule has 0 aliphatic heterocycles. The molecule has 7 heteroatoms. The van der Waals surface area contributed by atoms with Crippen LogP contribution >= 0.6 is 23.1 Å². The van der Waals surface area contributed by atoms with Gasteiger partial charge in [0, 0.05) is 13.1 Å². The average Bonchev–Trinajstić information content (AvgIpc) is 2.95. The summed E-state index contributed by atoms with van der Waals surface area (Å²) >= 11 is 2.96. The Balaban J connectivity index is 1.94. The number of thioether (sulfide) groups is 1. The number of benzene rings is 1. The quantitative estimate of drug-likeness (QED) is 0.729. The maximum absolute atomic E-state index is 12.2. The fourth-order valence-corrected chi connectivity index (χ4v) is 3.83. The Hall–Kier alpha value is -2.09. The smallest absolute Gasteiger partial charge is 0.233 e. The molecule has 2 aromatic rings. The first-order valence-corrected chi connectivity index (χ1v) is 8.55. The van der Waals surface area contributed by atoms with Crippen molar-refractivity contribution in [3.8, 4) is 12.1 Å². The number of carbonyl (C=O) groups excluding carboxylic acids is 1. The van der Waals surface area contributed by atoms with Crippen LogP contribution in [-0.4, -0.2) is 34.6 Å². The molecule has 112 valence electrons. The Labute approximate surface area is 137 Å². The number of carbonyl (C=O) groups is 1. The summed E-state index contributed by atoms with van der Waals surface area (Å²) in [6.45, 7) is 0.745. The molecule has 2 rings (SSSR count). The summed E-state index contributed by atoms with van der Waals surface area (Å²) in [6, 6.07) is 11.9. The van der Waals surface area contributed by atoms with Crippen LogP contribution in [0.3, 0.4) is 0 Å². The lowest BCUT2D eigenvalue weighted by atomic mass is 10.3. The Morgan fingerprint density at radius 1 is 1.23 bits per heavy atom. The Morgan fingerprint density at radius 3 is 2.55 bits per heavy atom. The number of hydrogen-bond donors (Lipinski definition) is 0. The molecule has 0 bridgehead atoms. The Morgan fingerprint density at radius 2 is 1.91 bits per heavy atom. The van der Waals surface area contributed by atoms with Crippen molar-refractivity contribution in [3.63, 3.8) is 0 Å². The molecule has 0 N–H and O–H groups in total. The molecule has 1 aromatic carbocycles. The highest BCUT2D eigenvalue weighted by molar-refractivity contribution is 8.01. The van der Waals surface area contributed by atoms with Crippen LogP contribution in [0.15, 0.2) is 28.6 Å². The zero-order chi connectivity index (χ0) is 15.8. The Bertz CT molecular complexity index is 678. The topological polar surface area (TPSA) is 80.8 Å². The van der Waals surface area contributed by atoms with E-state index in [0.717, 1.165) is 14.6 Å². The molecule has 1 aromatic heterocycles. The minimum Gasteiger partial charge on any atom is -0.340 e. The maximum Gasteiger partial charge on any atom is 0.233 e. The molecule has 0 fully saturated rings. The number of para-hydroxylation sites is 1. The van der Waals surface area contributed by atoms with E-state index in [-0.39, 0.29) is 24.5 Å². The van der Waals surface area contributed by atoms with Gasteiger partial charge in [-0.1, -0.05) is 23.9 Å². The number of hydrogen-bond acceptors (Lipinski definition) is 6. The van der Waals surface area contributed by atoms with Crippen molar-refractivity contribution in [2.24, 2.45) is 0 Å². The lowest BCUT2D eigenvalue weighted by Crippen LogP contribution is -2.34. The monoisotopic (exact) mass is 330 g/mol. The van der Waals surface area contributed by atoms with Gasteiger partial charge in [-0.05, 0) is 12.1 Å². The van der Waals surface area contributed by atoms with Gasteiger partial charge in [-0.2, -0.15) is 10.5 Å². The second-order valence-electron chi connectivity index (χ2n) is 4.43. The number of rotatable bonds is 7. The average molecular weight is 330 g/mol. The van der Waals surface area contributed by atoms with E-state index in [0.29, 0.717) is 13.1 Å². The summed E-state index contributed by atoms with van der Waals surface area (Å²) in [5, 5.41) is 17.3. The van der Waals surface area contributed by atoms with Gasteiger partial charge in [-0.15, -0.1) is 11.3 Å². The van der Waals surface area contributed by atoms with Crippen molar-refractivity contribution in [2.45, 2.75) is 17.2 Å². The molecule has 1 heterocycles. The molecular formula is C15H14N4OS2. The molecule has 0 atom stereocenters. The minimum absolute atomic E-state index is 0.0604. The van der Waals surface area contributed by atoms with Crippen molar-refractivity contribution in [1.82, 2.24) is 9.88 Å². The third-order valence-corrected chi connectivity index (χ3v) is 5.10. The zero-order valence-corrected chi connectivity index (χ0v) is 13.5. The van der Waals surface area contributed by atoms with E-state index < -0.39 is 0 Å². The Kier molecular flexibility index (Phi) is 6.20. The van der Waals surface area contributed by atoms with E-state index in [1.807, 2.05) is 36.4 Å². The second-order valence-corrected chi connectivity index (χ2v) is 6.69. The molecule has 0 unspecified atom stereocenters. The van der Waals surface area contributed by atoms with Gasteiger partial charge < -0.3 is 4.90 Å². The molecule has 1 amide bonds. The first-order chi connectivity index (χ1) is 10.7. The van der Waals surface area contributed by atoms with Crippen molar-refractivity contribution >= 4 is 39.2 Å². The third-order valence-electron chi connectivity index (χ3n) is 2.93. The summed E-state index contributed by atoms with van der Waals surface area (Å²) in [5.74, 6) is 0.214. The van der Waals surface area contributed by atoms with Crippen molar-refractivity contribution in [3.05, 3.63) is 24.3 Å². The predicted octanol–water partition coefficient (Wildman–Crippen LogP) is 3.04. The lowest BCUT2D eigenvalue weighted by Gasteiger charge is -2.19. The molecule has 0 aliphatic rings. The fourth-order valence-electron chi connectivity index (χ4n) is 1.86. The number of fused-ring (bicyclic) bond motifs is 1. The predicted molar refractivity (Wildman–Crippen MR) is 87.4 cm³/mol. The van der Waals surface area contributed by atoms with Crippen molar-refractivity contribution in [1.29, 1.82) is 10.5 Å². The third kappa shape index (κ3) is 4.45. The van der Waals surface area contributed by atoms with E-state index >= 15 is 0 Å². The van der Waals surface area contributed by atoms with Gasteiger partial charge in [0.2, 0.25) is 5.91 Å². The maximum atomic E-state index is 12.2. The van der Waals surface area contributed by atoms with Gasteiger partial charge in [0.25, 0.3) is 0 Å². The fraction of sp³-hybridized carbons (Fsp3) is 0.333. The number of aromatic nitrogens is 1. The summed E-state index contributed by atoms with van der Waals surface area (Å²) in [4.78, 5) is 18.3. The zero-order valence-electron chi connectivity index (χ0n) is 11.9. The largest absolute Gasteiger partial charge is 0.340 e. The summed E-state index contributed by atoms with van der Waals surface area (Å²) in [7, 11) is 0. The number of amides is 1. The van der Waals surface area contributed by atoms with Gasteiger partial charge in [-0.25, -0.2) is 4.98 Å². The molecule has 0 aliphatic carbocycles. The van der Waals surface area contributed by atoms with Crippen LogP contribution in [0.4, 0.5) is 0 Å².